The molecule has 0 aliphatic rings. The van der Waals surface area contributed by atoms with Gasteiger partial charge in [-0.05, 0) is 29.8 Å². The third-order valence-corrected chi connectivity index (χ3v) is 4.31. The van der Waals surface area contributed by atoms with E-state index in [0.29, 0.717) is 22.4 Å². The van der Waals surface area contributed by atoms with Crippen LogP contribution in [0.15, 0.2) is 52.1 Å². The molecule has 1 aromatic carbocycles. The van der Waals surface area contributed by atoms with Crippen molar-refractivity contribution < 1.29 is 22.4 Å². The zero-order valence-corrected chi connectivity index (χ0v) is 13.0. The van der Waals surface area contributed by atoms with Crippen LogP contribution in [0, 0.1) is 5.82 Å². The number of rotatable bonds is 4. The third kappa shape index (κ3) is 2.92. The summed E-state index contributed by atoms with van der Waals surface area (Å²) in [5.74, 6) is -0.881. The largest absolute Gasteiger partial charge is 0.388 e. The van der Waals surface area contributed by atoms with E-state index in [4.69, 9.17) is 9.66 Å². The number of nitrogens with two attached hydrogens (primary N) is 1. The summed E-state index contributed by atoms with van der Waals surface area (Å²) in [7, 11) is -4.17. The highest BCUT2D eigenvalue weighted by molar-refractivity contribution is 7.89. The van der Waals surface area contributed by atoms with Crippen molar-refractivity contribution in [3.05, 3.63) is 54.3 Å². The molecule has 0 fully saturated rings. The molecule has 3 rings (SSSR count). The molecule has 0 atom stereocenters. The molecule has 0 saturated carbocycles. The second-order valence-electron chi connectivity index (χ2n) is 4.92. The Morgan fingerprint density at radius 2 is 2.04 bits per heavy atom. The fourth-order valence-electron chi connectivity index (χ4n) is 2.32. The van der Waals surface area contributed by atoms with Crippen molar-refractivity contribution in [2.75, 3.05) is 0 Å². The summed E-state index contributed by atoms with van der Waals surface area (Å²) in [6, 6.07) is 6.85. The van der Waals surface area contributed by atoms with E-state index in [-0.39, 0.29) is 5.76 Å². The van der Waals surface area contributed by atoms with Crippen LogP contribution in [0.4, 0.5) is 4.39 Å². The number of aliphatic hydroxyl groups excluding tert-OH is 1. The number of pyridine rings is 1. The Labute approximate surface area is 136 Å². The second-order valence-corrected chi connectivity index (χ2v) is 6.45. The van der Waals surface area contributed by atoms with E-state index in [1.807, 2.05) is 0 Å². The van der Waals surface area contributed by atoms with E-state index in [0.717, 1.165) is 12.1 Å². The highest BCUT2D eigenvalue weighted by atomic mass is 32.2. The van der Waals surface area contributed by atoms with Crippen molar-refractivity contribution in [1.29, 1.82) is 0 Å². The normalized spacial score (nSPS) is 11.6. The molecule has 0 amide bonds. The summed E-state index contributed by atoms with van der Waals surface area (Å²) in [6.07, 6.45) is 3.12. The Kier molecular flexibility index (Phi) is 4.14. The van der Waals surface area contributed by atoms with E-state index >= 15 is 0 Å². The molecular formula is C15H12FN3O4S. The smallest absolute Gasteiger partial charge is 0.240 e. The summed E-state index contributed by atoms with van der Waals surface area (Å²) < 4.78 is 41.9. The number of sulfonamides is 1. The molecule has 24 heavy (non-hydrogen) atoms. The lowest BCUT2D eigenvalue weighted by Crippen LogP contribution is -2.14. The fourth-order valence-corrected chi connectivity index (χ4v) is 2.91. The van der Waals surface area contributed by atoms with Gasteiger partial charge in [0.05, 0.1) is 5.56 Å². The molecule has 0 radical (unpaired) electrons. The lowest BCUT2D eigenvalue weighted by Gasteiger charge is -2.06. The minimum absolute atomic E-state index is 0.122. The lowest BCUT2D eigenvalue weighted by molar-refractivity contribution is 0.230. The number of aliphatic hydroxyl groups is 1. The number of primary sulfonamides is 1. The number of nitrogens with zero attached hydrogens (tertiary/aromatic N) is 2. The third-order valence-electron chi connectivity index (χ3n) is 3.37. The first-order chi connectivity index (χ1) is 11.4. The Bertz CT molecular complexity index is 987. The maximum atomic E-state index is 14.1. The molecule has 3 N–H and O–H groups in total. The summed E-state index contributed by atoms with van der Waals surface area (Å²) in [5, 5.41) is 18.3. The highest BCUT2D eigenvalue weighted by Crippen LogP contribution is 2.35. The van der Waals surface area contributed by atoms with E-state index in [1.165, 1.54) is 12.3 Å². The van der Waals surface area contributed by atoms with E-state index < -0.39 is 27.3 Å². The van der Waals surface area contributed by atoms with Crippen LogP contribution < -0.4 is 5.14 Å². The fraction of sp³-hybridized carbons (Fsp3) is 0.0667. The molecule has 9 heteroatoms. The van der Waals surface area contributed by atoms with Gasteiger partial charge in [-0.25, -0.2) is 17.9 Å². The van der Waals surface area contributed by atoms with Crippen LogP contribution in [0.25, 0.3) is 22.4 Å². The number of halogens is 1. The van der Waals surface area contributed by atoms with Gasteiger partial charge in [-0.1, -0.05) is 11.2 Å². The van der Waals surface area contributed by atoms with Crippen molar-refractivity contribution in [3.8, 4) is 22.4 Å². The van der Waals surface area contributed by atoms with Crippen LogP contribution in [0.1, 0.15) is 5.76 Å². The van der Waals surface area contributed by atoms with Crippen LogP contribution in [0.5, 0.6) is 0 Å². The first-order valence-electron chi connectivity index (χ1n) is 6.74. The first-order valence-corrected chi connectivity index (χ1v) is 8.29. The lowest BCUT2D eigenvalue weighted by atomic mass is 10.00. The molecule has 0 bridgehead atoms. The van der Waals surface area contributed by atoms with Gasteiger partial charge in [0.25, 0.3) is 0 Å². The van der Waals surface area contributed by atoms with Gasteiger partial charge in [-0.2, -0.15) is 0 Å². The maximum absolute atomic E-state index is 14.1. The van der Waals surface area contributed by atoms with Crippen LogP contribution in [-0.4, -0.2) is 23.7 Å². The molecule has 7 nitrogen and oxygen atoms in total. The van der Waals surface area contributed by atoms with Crippen molar-refractivity contribution in [2.24, 2.45) is 5.14 Å². The molecule has 0 unspecified atom stereocenters. The molecule has 0 spiro atoms. The number of benzene rings is 1. The average molecular weight is 349 g/mol. The summed E-state index contributed by atoms with van der Waals surface area (Å²) in [6.45, 7) is -0.457. The van der Waals surface area contributed by atoms with Gasteiger partial charge in [0, 0.05) is 18.0 Å². The van der Waals surface area contributed by atoms with Crippen LogP contribution in [0.2, 0.25) is 0 Å². The number of aromatic nitrogens is 2. The van der Waals surface area contributed by atoms with Crippen molar-refractivity contribution in [1.82, 2.24) is 10.1 Å². The molecule has 2 heterocycles. The quantitative estimate of drug-likeness (QED) is 0.739. The monoisotopic (exact) mass is 349 g/mol. The van der Waals surface area contributed by atoms with Gasteiger partial charge in [0.15, 0.2) is 5.76 Å². The SMILES string of the molecule is NS(=O)(=O)c1ccc(-c2c(-c3cccnc3)noc2CO)cc1F. The molecule has 0 aliphatic carbocycles. The minimum Gasteiger partial charge on any atom is -0.388 e. The maximum Gasteiger partial charge on any atom is 0.240 e. The predicted octanol–water partition coefficient (Wildman–Crippen LogP) is 1.68. The molecule has 2 aromatic heterocycles. The van der Waals surface area contributed by atoms with Crippen molar-refractivity contribution >= 4 is 10.0 Å². The Morgan fingerprint density at radius 1 is 1.25 bits per heavy atom. The van der Waals surface area contributed by atoms with Crippen LogP contribution >= 0.6 is 0 Å². The predicted molar refractivity (Wildman–Crippen MR) is 82.4 cm³/mol. The average Bonchev–Trinajstić information content (AvgIpc) is 2.98. The van der Waals surface area contributed by atoms with E-state index in [1.54, 1.807) is 18.3 Å². The standard InChI is InChI=1S/C15H12FN3O4S/c16-11-6-9(3-4-13(11)24(17,21)22)14-12(8-20)23-19-15(14)10-2-1-5-18-7-10/h1-7,20H,8H2,(H2,17,21,22). The molecular weight excluding hydrogens is 337 g/mol. The van der Waals surface area contributed by atoms with Crippen LogP contribution in [0.3, 0.4) is 0 Å². The van der Waals surface area contributed by atoms with Gasteiger partial charge >= 0.3 is 0 Å². The van der Waals surface area contributed by atoms with Gasteiger partial charge in [-0.15, -0.1) is 0 Å². The van der Waals surface area contributed by atoms with Gasteiger partial charge in [0.1, 0.15) is 23.0 Å². The summed E-state index contributed by atoms with van der Waals surface area (Å²) in [4.78, 5) is 3.37. The van der Waals surface area contributed by atoms with Crippen molar-refractivity contribution in [2.45, 2.75) is 11.5 Å². The van der Waals surface area contributed by atoms with Gasteiger partial charge in [-0.3, -0.25) is 4.98 Å². The molecule has 0 saturated heterocycles. The number of hydrogen-bond acceptors (Lipinski definition) is 6. The van der Waals surface area contributed by atoms with E-state index in [9.17, 15) is 17.9 Å². The molecule has 3 aromatic rings. The summed E-state index contributed by atoms with van der Waals surface area (Å²) in [5.41, 5.74) is 1.61. The Balaban J connectivity index is 2.20. The summed E-state index contributed by atoms with van der Waals surface area (Å²) >= 11 is 0. The second kappa shape index (κ2) is 6.11. The topological polar surface area (TPSA) is 119 Å². The Morgan fingerprint density at radius 3 is 2.62 bits per heavy atom. The molecule has 124 valence electrons. The van der Waals surface area contributed by atoms with Gasteiger partial charge in [0.2, 0.25) is 10.0 Å². The zero-order chi connectivity index (χ0) is 17.3. The number of hydrogen-bond donors (Lipinski definition) is 2. The Hall–Kier alpha value is -2.62. The molecule has 0 aliphatic heterocycles. The van der Waals surface area contributed by atoms with Crippen molar-refractivity contribution in [3.63, 3.8) is 0 Å². The highest BCUT2D eigenvalue weighted by Gasteiger charge is 2.22. The first kappa shape index (κ1) is 16.2. The van der Waals surface area contributed by atoms with Gasteiger partial charge < -0.3 is 9.63 Å². The minimum atomic E-state index is -4.17. The zero-order valence-electron chi connectivity index (χ0n) is 12.2. The van der Waals surface area contributed by atoms with E-state index in [2.05, 4.69) is 10.1 Å². The van der Waals surface area contributed by atoms with Crippen LogP contribution in [-0.2, 0) is 16.6 Å².